The van der Waals surface area contributed by atoms with E-state index in [0.717, 1.165) is 15.5 Å². The second-order valence-corrected chi connectivity index (χ2v) is 12.7. The molecule has 34 heavy (non-hydrogen) atoms. The molecule has 4 nitrogen and oxygen atoms in total. The van der Waals surface area contributed by atoms with Crippen LogP contribution in [0.15, 0.2) is 52.3 Å². The minimum Gasteiger partial charge on any atom is -0.325 e. The molecule has 2 heterocycles. The number of thioether (sulfide) groups is 1. The first-order valence-electron chi connectivity index (χ1n) is 11.3. The van der Waals surface area contributed by atoms with E-state index in [-0.39, 0.29) is 23.2 Å². The molecular weight excluding hydrogens is 531 g/mol. The summed E-state index contributed by atoms with van der Waals surface area (Å²) in [6, 6.07) is 12.7. The molecular formula is C25H21Cl3N2O2S2. The van der Waals surface area contributed by atoms with Crippen LogP contribution in [0.3, 0.4) is 0 Å². The highest BCUT2D eigenvalue weighted by molar-refractivity contribution is 8.00. The molecule has 0 saturated heterocycles. The Balaban J connectivity index is 1.39. The van der Waals surface area contributed by atoms with E-state index < -0.39 is 0 Å². The Bertz CT molecular complexity index is 1340. The summed E-state index contributed by atoms with van der Waals surface area (Å²) >= 11 is 22.1. The van der Waals surface area contributed by atoms with Crippen molar-refractivity contribution in [2.75, 3.05) is 5.32 Å². The van der Waals surface area contributed by atoms with Gasteiger partial charge >= 0.3 is 4.87 Å². The molecule has 1 N–H and O–H groups in total. The van der Waals surface area contributed by atoms with Crippen molar-refractivity contribution in [3.63, 3.8) is 0 Å². The third-order valence-corrected chi connectivity index (χ3v) is 11.3. The van der Waals surface area contributed by atoms with E-state index in [1.165, 1.54) is 30.6 Å². The Kier molecular flexibility index (Phi) is 6.01. The van der Waals surface area contributed by atoms with Crippen molar-refractivity contribution in [2.45, 2.75) is 42.0 Å². The highest BCUT2D eigenvalue weighted by Gasteiger charge is 2.55. The molecule has 9 heteroatoms. The minimum absolute atomic E-state index is 0.0260. The molecule has 5 atom stereocenters. The van der Waals surface area contributed by atoms with Crippen LogP contribution < -0.4 is 10.2 Å². The van der Waals surface area contributed by atoms with Gasteiger partial charge in [0.1, 0.15) is 6.54 Å². The van der Waals surface area contributed by atoms with E-state index in [2.05, 4.69) is 5.32 Å². The largest absolute Gasteiger partial charge is 0.325 e. The summed E-state index contributed by atoms with van der Waals surface area (Å²) in [5, 5.41) is 5.92. The third kappa shape index (κ3) is 3.82. The summed E-state index contributed by atoms with van der Waals surface area (Å²) in [5.74, 6) is 1.50. The topological polar surface area (TPSA) is 51.1 Å². The molecule has 0 radical (unpaired) electrons. The fourth-order valence-corrected chi connectivity index (χ4v) is 9.77. The van der Waals surface area contributed by atoms with Gasteiger partial charge in [-0.05, 0) is 72.9 Å². The number of amides is 1. The SMILES string of the molecule is O=C(Cn1c2c(sc1=O)[C@H](c1cccc(Cl)c1Cl)C1C3CCC(C3)C1S2)Nc1ccc(Cl)cc1. The van der Waals surface area contributed by atoms with E-state index in [4.69, 9.17) is 34.8 Å². The normalized spacial score (nSPS) is 26.9. The molecule has 2 saturated carbocycles. The zero-order valence-corrected chi connectivity index (χ0v) is 21.9. The van der Waals surface area contributed by atoms with Gasteiger partial charge in [-0.25, -0.2) is 0 Å². The Morgan fingerprint density at radius 2 is 1.82 bits per heavy atom. The predicted molar refractivity (Wildman–Crippen MR) is 141 cm³/mol. The number of thiazole rings is 1. The summed E-state index contributed by atoms with van der Waals surface area (Å²) in [5.41, 5.74) is 1.65. The fraction of sp³-hybridized carbons (Fsp3) is 0.360. The molecule has 4 unspecified atom stereocenters. The van der Waals surface area contributed by atoms with E-state index in [0.29, 0.717) is 43.8 Å². The van der Waals surface area contributed by atoms with Crippen molar-refractivity contribution in [1.82, 2.24) is 4.57 Å². The average molecular weight is 552 g/mol. The molecule has 2 aliphatic carbocycles. The molecule has 1 aliphatic heterocycles. The number of nitrogens with one attached hydrogen (secondary N) is 1. The summed E-state index contributed by atoms with van der Waals surface area (Å²) in [6.07, 6.45) is 3.69. The highest BCUT2D eigenvalue weighted by Crippen LogP contribution is 2.64. The quantitative estimate of drug-likeness (QED) is 0.374. The minimum atomic E-state index is -0.238. The molecule has 2 fully saturated rings. The number of hydrogen-bond acceptors (Lipinski definition) is 4. The second-order valence-electron chi connectivity index (χ2n) is 9.29. The van der Waals surface area contributed by atoms with Crippen molar-refractivity contribution < 1.29 is 4.79 Å². The molecule has 3 aromatic rings. The highest BCUT2D eigenvalue weighted by atomic mass is 35.5. The number of hydrogen-bond donors (Lipinski definition) is 1. The molecule has 176 valence electrons. The monoisotopic (exact) mass is 550 g/mol. The van der Waals surface area contributed by atoms with Crippen LogP contribution in [0.25, 0.3) is 0 Å². The van der Waals surface area contributed by atoms with Crippen molar-refractivity contribution in [3.8, 4) is 0 Å². The molecule has 1 amide bonds. The zero-order valence-electron chi connectivity index (χ0n) is 18.0. The molecule has 2 aromatic carbocycles. The van der Waals surface area contributed by atoms with Crippen LogP contribution in [0.2, 0.25) is 15.1 Å². The number of benzene rings is 2. The van der Waals surface area contributed by atoms with Crippen LogP contribution in [0, 0.1) is 17.8 Å². The lowest BCUT2D eigenvalue weighted by Gasteiger charge is -2.40. The number of halogens is 3. The van der Waals surface area contributed by atoms with Gasteiger partial charge < -0.3 is 5.32 Å². The second kappa shape index (κ2) is 8.90. The van der Waals surface area contributed by atoms with Gasteiger partial charge in [0, 0.05) is 26.8 Å². The van der Waals surface area contributed by atoms with Gasteiger partial charge in [0.15, 0.2) is 0 Å². The van der Waals surface area contributed by atoms with Crippen molar-refractivity contribution in [2.24, 2.45) is 17.8 Å². The number of fused-ring (bicyclic) bond motifs is 6. The van der Waals surface area contributed by atoms with Gasteiger partial charge in [0.2, 0.25) is 5.91 Å². The smallest absolute Gasteiger partial charge is 0.308 e. The maximum absolute atomic E-state index is 13.2. The first kappa shape index (κ1) is 23.0. The van der Waals surface area contributed by atoms with Gasteiger partial charge in [0.25, 0.3) is 0 Å². The maximum atomic E-state index is 13.2. The van der Waals surface area contributed by atoms with E-state index >= 15 is 0 Å². The standard InChI is InChI=1S/C25H21Cl3N2O2S2/c26-14-6-8-15(9-7-14)29-18(31)11-30-24-23(34-25(30)32)20(16-2-1-3-17(27)21(16)28)19-12-4-5-13(10-12)22(19)33-24/h1-3,6-9,12-13,19-20,22H,4-5,10-11H2,(H,29,31)/t12?,13?,19?,20-,22?/m1/s1. The lowest BCUT2D eigenvalue weighted by atomic mass is 9.75. The van der Waals surface area contributed by atoms with Gasteiger partial charge in [-0.3, -0.25) is 14.2 Å². The van der Waals surface area contributed by atoms with E-state index in [9.17, 15) is 9.59 Å². The third-order valence-electron chi connectivity index (χ3n) is 7.44. The Hall–Kier alpha value is -1.44. The van der Waals surface area contributed by atoms with Gasteiger partial charge in [-0.15, -0.1) is 11.8 Å². The molecule has 6 rings (SSSR count). The van der Waals surface area contributed by atoms with Gasteiger partial charge in [-0.2, -0.15) is 0 Å². The summed E-state index contributed by atoms with van der Waals surface area (Å²) in [4.78, 5) is 26.9. The molecule has 1 aromatic heterocycles. The van der Waals surface area contributed by atoms with E-state index in [1.807, 2.05) is 12.1 Å². The maximum Gasteiger partial charge on any atom is 0.308 e. The van der Waals surface area contributed by atoms with Crippen LogP contribution in [0.1, 0.15) is 35.6 Å². The van der Waals surface area contributed by atoms with Crippen LogP contribution in [-0.2, 0) is 11.3 Å². The number of nitrogens with zero attached hydrogens (tertiary/aromatic N) is 1. The summed E-state index contributed by atoms with van der Waals surface area (Å²) in [7, 11) is 0. The first-order valence-corrected chi connectivity index (χ1v) is 14.1. The summed E-state index contributed by atoms with van der Waals surface area (Å²) in [6.45, 7) is -0.0260. The van der Waals surface area contributed by atoms with Crippen molar-refractivity contribution in [3.05, 3.63) is 77.6 Å². The predicted octanol–water partition coefficient (Wildman–Crippen LogP) is 7.16. The first-order chi connectivity index (χ1) is 16.4. The number of anilines is 1. The van der Waals surface area contributed by atoms with Crippen LogP contribution in [0.4, 0.5) is 5.69 Å². The Labute approximate surface area is 220 Å². The average Bonchev–Trinajstić information content (AvgIpc) is 3.51. The van der Waals surface area contributed by atoms with Gasteiger partial charge in [-0.1, -0.05) is 58.3 Å². The Morgan fingerprint density at radius 1 is 1.06 bits per heavy atom. The van der Waals surface area contributed by atoms with Crippen LogP contribution >= 0.6 is 57.9 Å². The number of aromatic nitrogens is 1. The lowest BCUT2D eigenvalue weighted by molar-refractivity contribution is -0.116. The number of carbonyl (C=O) groups excluding carboxylic acids is 1. The Morgan fingerprint density at radius 3 is 2.62 bits per heavy atom. The fourth-order valence-electron chi connectivity index (χ4n) is 6.07. The van der Waals surface area contributed by atoms with E-state index in [1.54, 1.807) is 46.7 Å². The molecule has 3 aliphatic rings. The zero-order chi connectivity index (χ0) is 23.6. The summed E-state index contributed by atoms with van der Waals surface area (Å²) < 4.78 is 1.64. The van der Waals surface area contributed by atoms with Crippen LogP contribution in [-0.4, -0.2) is 15.7 Å². The van der Waals surface area contributed by atoms with Crippen molar-refractivity contribution in [1.29, 1.82) is 0 Å². The van der Waals surface area contributed by atoms with Crippen LogP contribution in [0.5, 0.6) is 0 Å². The van der Waals surface area contributed by atoms with Crippen molar-refractivity contribution >= 4 is 69.5 Å². The number of carbonyl (C=O) groups is 1. The van der Waals surface area contributed by atoms with Gasteiger partial charge in [0.05, 0.1) is 15.1 Å². The lowest BCUT2D eigenvalue weighted by Crippen LogP contribution is -2.35. The molecule has 2 bridgehead atoms. The molecule has 0 spiro atoms. The number of rotatable bonds is 4.